The molecule has 0 aliphatic heterocycles. The highest BCUT2D eigenvalue weighted by molar-refractivity contribution is 5.41. The molecule has 0 saturated heterocycles. The minimum Gasteiger partial charge on any atom is -0.457 e. The van der Waals surface area contributed by atoms with E-state index in [1.54, 1.807) is 0 Å². The third-order valence-corrected chi connectivity index (χ3v) is 2.29. The van der Waals surface area contributed by atoms with Crippen LogP contribution in [0.1, 0.15) is 11.1 Å². The average Bonchev–Trinajstić information content (AvgIpc) is 2.24. The quantitative estimate of drug-likeness (QED) is 0.707. The van der Waals surface area contributed by atoms with Gasteiger partial charge in [-0.3, -0.25) is 0 Å². The molecule has 1 nitrogen and oxygen atoms in total. The lowest BCUT2D eigenvalue weighted by Crippen LogP contribution is -1.88. The summed E-state index contributed by atoms with van der Waals surface area (Å²) in [6.07, 6.45) is 0. The average molecular weight is 197 g/mol. The molecule has 2 rings (SSSR count). The van der Waals surface area contributed by atoms with Crippen LogP contribution >= 0.6 is 0 Å². The van der Waals surface area contributed by atoms with E-state index in [1.165, 1.54) is 0 Å². The summed E-state index contributed by atoms with van der Waals surface area (Å²) >= 11 is 0. The van der Waals surface area contributed by atoms with Crippen molar-refractivity contribution in [2.45, 2.75) is 6.92 Å². The van der Waals surface area contributed by atoms with Crippen molar-refractivity contribution in [3.05, 3.63) is 66.6 Å². The maximum Gasteiger partial charge on any atom is 0.130 e. The molecule has 0 atom stereocenters. The van der Waals surface area contributed by atoms with Gasteiger partial charge in [-0.15, -0.1) is 0 Å². The first-order valence-electron chi connectivity index (χ1n) is 4.92. The van der Waals surface area contributed by atoms with Gasteiger partial charge in [0.25, 0.3) is 0 Å². The van der Waals surface area contributed by atoms with Crippen LogP contribution < -0.4 is 4.74 Å². The molecule has 0 N–H and O–H groups in total. The second kappa shape index (κ2) is 4.18. The molecule has 0 fully saturated rings. The van der Waals surface area contributed by atoms with Gasteiger partial charge in [0.2, 0.25) is 0 Å². The number of rotatable bonds is 2. The predicted molar refractivity (Wildman–Crippen MR) is 62.2 cm³/mol. The van der Waals surface area contributed by atoms with Crippen molar-refractivity contribution in [2.75, 3.05) is 0 Å². The van der Waals surface area contributed by atoms with Crippen LogP contribution in [0.4, 0.5) is 0 Å². The van der Waals surface area contributed by atoms with Crippen LogP contribution in [0.15, 0.2) is 48.5 Å². The summed E-state index contributed by atoms with van der Waals surface area (Å²) in [4.78, 5) is 0. The standard InChI is InChI=1S/C14H13O/c1-11-7-3-5-9-13(11)15-14-10-6-4-8-12(14)2/h3-10H,1H2,2H3. The topological polar surface area (TPSA) is 9.23 Å². The van der Waals surface area contributed by atoms with Crippen molar-refractivity contribution in [2.24, 2.45) is 0 Å². The van der Waals surface area contributed by atoms with Crippen molar-refractivity contribution in [1.29, 1.82) is 0 Å². The fourth-order valence-corrected chi connectivity index (χ4v) is 1.39. The fourth-order valence-electron chi connectivity index (χ4n) is 1.39. The van der Waals surface area contributed by atoms with E-state index >= 15 is 0 Å². The van der Waals surface area contributed by atoms with Crippen LogP contribution in [0.2, 0.25) is 0 Å². The Kier molecular flexibility index (Phi) is 2.72. The van der Waals surface area contributed by atoms with E-state index in [0.29, 0.717) is 0 Å². The Morgan fingerprint density at radius 3 is 2.13 bits per heavy atom. The molecule has 1 radical (unpaired) electrons. The Labute approximate surface area is 90.3 Å². The molecule has 75 valence electrons. The molecular weight excluding hydrogens is 184 g/mol. The Morgan fingerprint density at radius 1 is 0.867 bits per heavy atom. The van der Waals surface area contributed by atoms with E-state index in [9.17, 15) is 0 Å². The molecular formula is C14H13O. The van der Waals surface area contributed by atoms with Gasteiger partial charge in [-0.05, 0) is 37.1 Å². The number of benzene rings is 2. The third kappa shape index (κ3) is 2.18. The minimum absolute atomic E-state index is 0.812. The van der Waals surface area contributed by atoms with Gasteiger partial charge < -0.3 is 4.74 Å². The summed E-state index contributed by atoms with van der Waals surface area (Å²) in [6, 6.07) is 15.7. The third-order valence-electron chi connectivity index (χ3n) is 2.29. The maximum absolute atomic E-state index is 5.78. The van der Waals surface area contributed by atoms with Gasteiger partial charge >= 0.3 is 0 Å². The van der Waals surface area contributed by atoms with Gasteiger partial charge in [-0.25, -0.2) is 0 Å². The van der Waals surface area contributed by atoms with E-state index in [2.05, 4.69) is 6.92 Å². The van der Waals surface area contributed by atoms with Crippen molar-refractivity contribution < 1.29 is 4.74 Å². The van der Waals surface area contributed by atoms with Crippen LogP contribution in [0.3, 0.4) is 0 Å². The lowest BCUT2D eigenvalue weighted by Gasteiger charge is -2.10. The first-order valence-corrected chi connectivity index (χ1v) is 4.92. The molecule has 0 spiro atoms. The predicted octanol–water partition coefficient (Wildman–Crippen LogP) is 3.97. The van der Waals surface area contributed by atoms with Crippen molar-refractivity contribution in [1.82, 2.24) is 0 Å². The van der Waals surface area contributed by atoms with Crippen LogP contribution in [0.5, 0.6) is 11.5 Å². The SMILES string of the molecule is [CH2]c1ccccc1Oc1ccccc1C. The monoisotopic (exact) mass is 197 g/mol. The Bertz CT molecular complexity index is 417. The molecule has 0 amide bonds. The number of hydrogen-bond acceptors (Lipinski definition) is 1. The van der Waals surface area contributed by atoms with Gasteiger partial charge in [0.1, 0.15) is 11.5 Å². The molecule has 0 unspecified atom stereocenters. The summed E-state index contributed by atoms with van der Waals surface area (Å²) in [5.41, 5.74) is 2.03. The lowest BCUT2D eigenvalue weighted by atomic mass is 10.2. The van der Waals surface area contributed by atoms with Crippen molar-refractivity contribution in [3.63, 3.8) is 0 Å². The largest absolute Gasteiger partial charge is 0.457 e. The number of para-hydroxylation sites is 2. The van der Waals surface area contributed by atoms with E-state index < -0.39 is 0 Å². The molecule has 0 saturated carbocycles. The summed E-state index contributed by atoms with van der Waals surface area (Å²) in [5, 5.41) is 0. The first-order chi connectivity index (χ1) is 7.27. The molecule has 0 aliphatic carbocycles. The summed E-state index contributed by atoms with van der Waals surface area (Å²) in [6.45, 7) is 5.95. The first kappa shape index (κ1) is 9.78. The molecule has 2 aromatic carbocycles. The molecule has 0 aliphatic rings. The zero-order chi connectivity index (χ0) is 10.7. The summed E-state index contributed by atoms with van der Waals surface area (Å²) < 4.78 is 5.78. The zero-order valence-electron chi connectivity index (χ0n) is 8.73. The minimum atomic E-state index is 0.812. The number of hydrogen-bond donors (Lipinski definition) is 0. The molecule has 15 heavy (non-hydrogen) atoms. The number of ether oxygens (including phenoxy) is 1. The highest BCUT2D eigenvalue weighted by Gasteiger charge is 2.01. The van der Waals surface area contributed by atoms with Crippen molar-refractivity contribution in [3.8, 4) is 11.5 Å². The second-order valence-corrected chi connectivity index (χ2v) is 3.48. The fraction of sp³-hybridized carbons (Fsp3) is 0.0714. The van der Waals surface area contributed by atoms with Crippen molar-refractivity contribution >= 4 is 0 Å². The van der Waals surface area contributed by atoms with Crippen LogP contribution in [-0.2, 0) is 0 Å². The number of aryl methyl sites for hydroxylation is 1. The van der Waals surface area contributed by atoms with E-state index in [4.69, 9.17) is 4.74 Å². The van der Waals surface area contributed by atoms with E-state index in [-0.39, 0.29) is 0 Å². The smallest absolute Gasteiger partial charge is 0.130 e. The summed E-state index contributed by atoms with van der Waals surface area (Å²) in [5.74, 6) is 1.69. The lowest BCUT2D eigenvalue weighted by molar-refractivity contribution is 0.477. The summed E-state index contributed by atoms with van der Waals surface area (Å²) in [7, 11) is 0. The maximum atomic E-state index is 5.78. The zero-order valence-corrected chi connectivity index (χ0v) is 8.73. The van der Waals surface area contributed by atoms with Gasteiger partial charge in [0.05, 0.1) is 0 Å². The van der Waals surface area contributed by atoms with E-state index in [0.717, 1.165) is 22.6 Å². The highest BCUT2D eigenvalue weighted by Crippen LogP contribution is 2.26. The molecule has 0 aromatic heterocycles. The molecule has 1 heteroatoms. The van der Waals surface area contributed by atoms with Crippen LogP contribution in [0.25, 0.3) is 0 Å². The Balaban J connectivity index is 2.30. The van der Waals surface area contributed by atoms with Gasteiger partial charge in [0.15, 0.2) is 0 Å². The van der Waals surface area contributed by atoms with Gasteiger partial charge in [-0.1, -0.05) is 36.4 Å². The van der Waals surface area contributed by atoms with Crippen LogP contribution in [0, 0.1) is 13.8 Å². The molecule has 2 aromatic rings. The Morgan fingerprint density at radius 2 is 1.47 bits per heavy atom. The highest BCUT2D eigenvalue weighted by atomic mass is 16.5. The Hall–Kier alpha value is -1.76. The van der Waals surface area contributed by atoms with Gasteiger partial charge in [0, 0.05) is 0 Å². The van der Waals surface area contributed by atoms with Gasteiger partial charge in [-0.2, -0.15) is 0 Å². The van der Waals surface area contributed by atoms with Crippen LogP contribution in [-0.4, -0.2) is 0 Å². The molecule has 0 heterocycles. The van der Waals surface area contributed by atoms with E-state index in [1.807, 2.05) is 55.5 Å². The molecule has 0 bridgehead atoms. The second-order valence-electron chi connectivity index (χ2n) is 3.48. The normalized spacial score (nSPS) is 10.0.